The monoisotopic (exact) mass is 256 g/mol. The van der Waals surface area contributed by atoms with Crippen LogP contribution in [0.4, 0.5) is 11.4 Å². The Kier molecular flexibility index (Phi) is 3.11. The fourth-order valence-electron chi connectivity index (χ4n) is 0.921. The van der Waals surface area contributed by atoms with Crippen molar-refractivity contribution in [3.05, 3.63) is 32.3 Å². The van der Waals surface area contributed by atoms with Gasteiger partial charge in [0.05, 0.1) is 10.6 Å². The summed E-state index contributed by atoms with van der Waals surface area (Å²) in [6, 6.07) is 2.59. The summed E-state index contributed by atoms with van der Waals surface area (Å²) in [5.74, 6) is 0. The van der Waals surface area contributed by atoms with Crippen LogP contribution < -0.4 is 0 Å². The zero-order chi connectivity index (χ0) is 10.7. The first-order chi connectivity index (χ1) is 6.56. The van der Waals surface area contributed by atoms with Gasteiger partial charge in [-0.25, -0.2) is 4.79 Å². The highest BCUT2D eigenvalue weighted by Crippen LogP contribution is 2.31. The normalized spacial score (nSPS) is 9.29. The fraction of sp³-hybridized carbons (Fsp3) is 0.125. The van der Waals surface area contributed by atoms with E-state index in [1.807, 2.05) is 0 Å². The molecular weight excluding hydrogens is 252 g/mol. The van der Waals surface area contributed by atoms with Crippen LogP contribution in [0.5, 0.6) is 0 Å². The van der Waals surface area contributed by atoms with Crippen molar-refractivity contribution < 1.29 is 9.72 Å². The molecule has 1 aromatic rings. The second-order valence-electron chi connectivity index (χ2n) is 2.53. The molecule has 0 saturated carbocycles. The molecule has 1 aromatic carbocycles. The first-order valence-corrected chi connectivity index (χ1v) is 4.38. The predicted octanol–water partition coefficient (Wildman–Crippen LogP) is 2.63. The van der Waals surface area contributed by atoms with Crippen LogP contribution in [-0.2, 0) is 4.79 Å². The molecule has 0 radical (unpaired) electrons. The molecule has 14 heavy (non-hydrogen) atoms. The summed E-state index contributed by atoms with van der Waals surface area (Å²) in [5, 5.41) is 10.5. The lowest BCUT2D eigenvalue weighted by Crippen LogP contribution is -1.89. The summed E-state index contributed by atoms with van der Waals surface area (Å²) in [7, 11) is 0. The zero-order valence-corrected chi connectivity index (χ0v) is 8.74. The third-order valence-corrected chi connectivity index (χ3v) is 2.50. The third-order valence-electron chi connectivity index (χ3n) is 1.68. The molecule has 0 aromatic heterocycles. The van der Waals surface area contributed by atoms with Gasteiger partial charge in [-0.05, 0) is 12.5 Å². The molecule has 0 aliphatic carbocycles. The molecule has 0 amide bonds. The maximum Gasteiger partial charge on any atom is 0.272 e. The van der Waals surface area contributed by atoms with E-state index in [1.165, 1.54) is 18.2 Å². The molecule has 6 heteroatoms. The van der Waals surface area contributed by atoms with Crippen molar-refractivity contribution in [2.45, 2.75) is 6.92 Å². The summed E-state index contributed by atoms with van der Waals surface area (Å²) in [6.07, 6.45) is 1.35. The third kappa shape index (κ3) is 2.04. The van der Waals surface area contributed by atoms with Crippen LogP contribution in [0.2, 0.25) is 0 Å². The maximum atomic E-state index is 10.5. The number of nitrogens with zero attached hydrogens (tertiary/aromatic N) is 2. The molecule has 0 atom stereocenters. The minimum absolute atomic E-state index is 0.114. The van der Waals surface area contributed by atoms with Crippen LogP contribution in [0.25, 0.3) is 0 Å². The zero-order valence-electron chi connectivity index (χ0n) is 7.15. The number of non-ortho nitro benzene ring substituents is 1. The van der Waals surface area contributed by atoms with Gasteiger partial charge in [0.1, 0.15) is 0 Å². The van der Waals surface area contributed by atoms with Crippen molar-refractivity contribution in [2.24, 2.45) is 4.99 Å². The van der Waals surface area contributed by atoms with Gasteiger partial charge < -0.3 is 0 Å². The number of benzene rings is 1. The van der Waals surface area contributed by atoms with Crippen molar-refractivity contribution in [1.29, 1.82) is 0 Å². The summed E-state index contributed by atoms with van der Waals surface area (Å²) < 4.78 is 0.542. The van der Waals surface area contributed by atoms with E-state index in [4.69, 9.17) is 0 Å². The molecule has 5 nitrogen and oxygen atoms in total. The van der Waals surface area contributed by atoms with Crippen LogP contribution >= 0.6 is 15.9 Å². The minimum Gasteiger partial charge on any atom is -0.258 e. The van der Waals surface area contributed by atoms with Crippen LogP contribution in [0.15, 0.2) is 21.6 Å². The number of nitro benzene ring substituents is 1. The Balaban J connectivity index is 3.42. The Morgan fingerprint density at radius 3 is 2.71 bits per heavy atom. The number of hydrogen-bond donors (Lipinski definition) is 0. The Labute approximate surface area is 87.7 Å². The standard InChI is InChI=1S/C8H5BrN2O3/c1-5-7(9)2-6(11(13)14)3-8(5)10-4-12/h2-3H,1H3. The van der Waals surface area contributed by atoms with Gasteiger partial charge in [0.2, 0.25) is 6.08 Å². The van der Waals surface area contributed by atoms with Crippen molar-refractivity contribution in [3.63, 3.8) is 0 Å². The number of nitro groups is 1. The molecule has 0 saturated heterocycles. The Bertz CT molecular complexity index is 438. The van der Waals surface area contributed by atoms with Gasteiger partial charge in [0.15, 0.2) is 0 Å². The highest BCUT2D eigenvalue weighted by atomic mass is 79.9. The maximum absolute atomic E-state index is 10.5. The van der Waals surface area contributed by atoms with Gasteiger partial charge in [-0.1, -0.05) is 15.9 Å². The van der Waals surface area contributed by atoms with Crippen molar-refractivity contribution in [2.75, 3.05) is 0 Å². The molecule has 0 N–H and O–H groups in total. The molecule has 0 unspecified atom stereocenters. The summed E-state index contributed by atoms with van der Waals surface area (Å²) in [4.78, 5) is 23.3. The lowest BCUT2D eigenvalue weighted by atomic mass is 10.2. The predicted molar refractivity (Wildman–Crippen MR) is 53.3 cm³/mol. The van der Waals surface area contributed by atoms with E-state index in [0.29, 0.717) is 10.0 Å². The Morgan fingerprint density at radius 2 is 2.21 bits per heavy atom. The summed E-state index contributed by atoms with van der Waals surface area (Å²) >= 11 is 3.14. The SMILES string of the molecule is Cc1c(Br)cc([N+](=O)[O-])cc1N=C=O. The van der Waals surface area contributed by atoms with Gasteiger partial charge in [0, 0.05) is 16.6 Å². The van der Waals surface area contributed by atoms with Crippen LogP contribution in [0, 0.1) is 17.0 Å². The number of aliphatic imine (C=N–C) groups is 1. The highest BCUT2D eigenvalue weighted by Gasteiger charge is 2.11. The van der Waals surface area contributed by atoms with Gasteiger partial charge in [0.25, 0.3) is 5.69 Å². The second-order valence-corrected chi connectivity index (χ2v) is 3.39. The summed E-state index contributed by atoms with van der Waals surface area (Å²) in [5.41, 5.74) is 0.802. The lowest BCUT2D eigenvalue weighted by molar-refractivity contribution is -0.384. The van der Waals surface area contributed by atoms with E-state index in [0.717, 1.165) is 0 Å². The molecule has 0 spiro atoms. The van der Waals surface area contributed by atoms with Gasteiger partial charge in [-0.2, -0.15) is 4.99 Å². The molecule has 1 rings (SSSR count). The van der Waals surface area contributed by atoms with E-state index >= 15 is 0 Å². The topological polar surface area (TPSA) is 72.6 Å². The summed E-state index contributed by atoms with van der Waals surface area (Å²) in [6.45, 7) is 1.70. The van der Waals surface area contributed by atoms with Crippen LogP contribution in [-0.4, -0.2) is 11.0 Å². The Hall–Kier alpha value is -1.52. The minimum atomic E-state index is -0.548. The highest BCUT2D eigenvalue weighted by molar-refractivity contribution is 9.10. The van der Waals surface area contributed by atoms with Crippen LogP contribution in [0.3, 0.4) is 0 Å². The molecule has 0 fully saturated rings. The van der Waals surface area contributed by atoms with E-state index in [2.05, 4.69) is 20.9 Å². The average Bonchev–Trinajstić information content (AvgIpc) is 2.12. The van der Waals surface area contributed by atoms with E-state index in [1.54, 1.807) is 6.92 Å². The molecule has 0 heterocycles. The molecule has 0 bridgehead atoms. The van der Waals surface area contributed by atoms with Crippen molar-refractivity contribution in [1.82, 2.24) is 0 Å². The number of halogens is 1. The van der Waals surface area contributed by atoms with Gasteiger partial charge in [-0.15, -0.1) is 0 Å². The number of rotatable bonds is 2. The molecule has 0 aliphatic rings. The van der Waals surface area contributed by atoms with E-state index < -0.39 is 4.92 Å². The molecular formula is C8H5BrN2O3. The Morgan fingerprint density at radius 1 is 1.57 bits per heavy atom. The largest absolute Gasteiger partial charge is 0.272 e. The number of hydrogen-bond acceptors (Lipinski definition) is 4. The van der Waals surface area contributed by atoms with Gasteiger partial charge >= 0.3 is 0 Å². The smallest absolute Gasteiger partial charge is 0.258 e. The molecule has 0 aliphatic heterocycles. The van der Waals surface area contributed by atoms with Crippen molar-refractivity contribution >= 4 is 33.4 Å². The second kappa shape index (κ2) is 4.13. The lowest BCUT2D eigenvalue weighted by Gasteiger charge is -2.00. The van der Waals surface area contributed by atoms with E-state index in [-0.39, 0.29) is 11.4 Å². The van der Waals surface area contributed by atoms with Crippen LogP contribution in [0.1, 0.15) is 5.56 Å². The van der Waals surface area contributed by atoms with E-state index in [9.17, 15) is 14.9 Å². The van der Waals surface area contributed by atoms with Crippen molar-refractivity contribution in [3.8, 4) is 0 Å². The fourth-order valence-corrected chi connectivity index (χ4v) is 1.36. The molecule has 72 valence electrons. The number of carbonyl (C=O) groups excluding carboxylic acids is 1. The first-order valence-electron chi connectivity index (χ1n) is 3.58. The van der Waals surface area contributed by atoms with Gasteiger partial charge in [-0.3, -0.25) is 10.1 Å². The quantitative estimate of drug-likeness (QED) is 0.354. The first kappa shape index (κ1) is 10.6. The average molecular weight is 257 g/mol. The number of isocyanates is 1.